The summed E-state index contributed by atoms with van der Waals surface area (Å²) in [7, 11) is 0. The second kappa shape index (κ2) is 6.55. The first-order chi connectivity index (χ1) is 8.31. The summed E-state index contributed by atoms with van der Waals surface area (Å²) in [5.41, 5.74) is 0. The molecule has 2 saturated carbocycles. The van der Waals surface area contributed by atoms with Crippen molar-refractivity contribution in [2.75, 3.05) is 26.3 Å². The first-order valence-electron chi connectivity index (χ1n) is 6.93. The van der Waals surface area contributed by atoms with E-state index in [-0.39, 0.29) is 0 Å². The van der Waals surface area contributed by atoms with Crippen LogP contribution in [0.3, 0.4) is 0 Å². The third-order valence-electron chi connectivity index (χ3n) is 3.35. The van der Waals surface area contributed by atoms with Gasteiger partial charge >= 0.3 is 0 Å². The van der Waals surface area contributed by atoms with Crippen molar-refractivity contribution in [3.8, 4) is 0 Å². The van der Waals surface area contributed by atoms with Gasteiger partial charge in [-0.2, -0.15) is 0 Å². The van der Waals surface area contributed by atoms with Gasteiger partial charge in [-0.3, -0.25) is 0 Å². The molecule has 0 radical (unpaired) electrons. The maximum absolute atomic E-state index is 5.49. The van der Waals surface area contributed by atoms with Gasteiger partial charge in [-0.1, -0.05) is 0 Å². The van der Waals surface area contributed by atoms with Gasteiger partial charge in [-0.05, 0) is 57.2 Å². The van der Waals surface area contributed by atoms with Crippen molar-refractivity contribution in [2.45, 2.75) is 45.1 Å². The number of thiocarbonyl (C=S) groups is 1. The smallest absolute Gasteiger partial charge is 0.169 e. The quantitative estimate of drug-likeness (QED) is 0.531. The molecular weight excluding hydrogens is 232 g/mol. The number of hydrogen-bond acceptors (Lipinski definition) is 2. The number of nitrogens with one attached hydrogen (secondary N) is 1. The topological polar surface area (TPSA) is 24.5 Å². The Kier molecular flexibility index (Phi) is 5.04. The van der Waals surface area contributed by atoms with Crippen molar-refractivity contribution >= 4 is 17.3 Å². The standard InChI is InChI=1S/C13H24N2OS/c1-2-16-9-3-8-14-13(17)15(12-6-7-12)10-11-4-5-11/h11-12H,2-10H2,1H3,(H,14,17). The Bertz CT molecular complexity index is 252. The molecular formula is C13H24N2OS. The van der Waals surface area contributed by atoms with Gasteiger partial charge in [-0.25, -0.2) is 0 Å². The number of nitrogens with zero attached hydrogens (tertiary/aromatic N) is 1. The van der Waals surface area contributed by atoms with Crippen molar-refractivity contribution in [3.63, 3.8) is 0 Å². The summed E-state index contributed by atoms with van der Waals surface area (Å²) in [6.07, 6.45) is 6.49. The molecule has 3 nitrogen and oxygen atoms in total. The van der Waals surface area contributed by atoms with Gasteiger partial charge in [0, 0.05) is 32.3 Å². The lowest BCUT2D eigenvalue weighted by atomic mass is 10.3. The van der Waals surface area contributed by atoms with Gasteiger partial charge in [-0.15, -0.1) is 0 Å². The average Bonchev–Trinajstić information content (AvgIpc) is 3.15. The van der Waals surface area contributed by atoms with Crippen LogP contribution < -0.4 is 5.32 Å². The monoisotopic (exact) mass is 256 g/mol. The molecule has 0 unspecified atom stereocenters. The highest BCUT2D eigenvalue weighted by atomic mass is 32.1. The molecule has 0 bridgehead atoms. The lowest BCUT2D eigenvalue weighted by Crippen LogP contribution is -2.42. The van der Waals surface area contributed by atoms with Crippen LogP contribution in [0.1, 0.15) is 39.0 Å². The highest BCUT2D eigenvalue weighted by Crippen LogP contribution is 2.34. The zero-order valence-corrected chi connectivity index (χ0v) is 11.6. The number of ether oxygens (including phenoxy) is 1. The molecule has 0 aromatic heterocycles. The van der Waals surface area contributed by atoms with E-state index in [0.717, 1.165) is 43.3 Å². The molecule has 0 aliphatic heterocycles. The van der Waals surface area contributed by atoms with Crippen LogP contribution in [0.4, 0.5) is 0 Å². The Morgan fingerprint density at radius 2 is 2.12 bits per heavy atom. The van der Waals surface area contributed by atoms with E-state index >= 15 is 0 Å². The normalized spacial score (nSPS) is 19.1. The molecule has 98 valence electrons. The van der Waals surface area contributed by atoms with Crippen LogP contribution in [-0.4, -0.2) is 42.4 Å². The lowest BCUT2D eigenvalue weighted by Gasteiger charge is -2.25. The zero-order valence-electron chi connectivity index (χ0n) is 10.8. The van der Waals surface area contributed by atoms with Crippen LogP contribution in [0.25, 0.3) is 0 Å². The molecule has 0 aromatic rings. The Balaban J connectivity index is 1.61. The van der Waals surface area contributed by atoms with Crippen LogP contribution in [0.15, 0.2) is 0 Å². The highest BCUT2D eigenvalue weighted by molar-refractivity contribution is 7.80. The Morgan fingerprint density at radius 3 is 2.71 bits per heavy atom. The van der Waals surface area contributed by atoms with Crippen molar-refractivity contribution in [3.05, 3.63) is 0 Å². The molecule has 2 aliphatic rings. The molecule has 0 aromatic carbocycles. The number of rotatable bonds is 8. The third kappa shape index (κ3) is 4.80. The van der Waals surface area contributed by atoms with Crippen LogP contribution in [-0.2, 0) is 4.74 Å². The van der Waals surface area contributed by atoms with Crippen molar-refractivity contribution in [1.82, 2.24) is 10.2 Å². The highest BCUT2D eigenvalue weighted by Gasteiger charge is 2.34. The molecule has 0 saturated heterocycles. The minimum Gasteiger partial charge on any atom is -0.382 e. The first kappa shape index (κ1) is 13.1. The van der Waals surface area contributed by atoms with Crippen LogP contribution >= 0.6 is 12.2 Å². The van der Waals surface area contributed by atoms with E-state index in [4.69, 9.17) is 17.0 Å². The summed E-state index contributed by atoms with van der Waals surface area (Å²) in [6, 6.07) is 0.738. The fraction of sp³-hybridized carbons (Fsp3) is 0.923. The van der Waals surface area contributed by atoms with Gasteiger partial charge in [0.15, 0.2) is 5.11 Å². The summed E-state index contributed by atoms with van der Waals surface area (Å²) in [5, 5.41) is 4.34. The fourth-order valence-corrected chi connectivity index (χ4v) is 2.30. The molecule has 0 amide bonds. The van der Waals surface area contributed by atoms with E-state index in [1.807, 2.05) is 6.92 Å². The molecule has 0 atom stereocenters. The molecule has 2 aliphatic carbocycles. The van der Waals surface area contributed by atoms with E-state index in [9.17, 15) is 0 Å². The molecule has 17 heavy (non-hydrogen) atoms. The summed E-state index contributed by atoms with van der Waals surface area (Å²) in [6.45, 7) is 5.79. The molecule has 0 heterocycles. The van der Waals surface area contributed by atoms with E-state index in [1.165, 1.54) is 32.2 Å². The zero-order chi connectivity index (χ0) is 12.1. The summed E-state index contributed by atoms with van der Waals surface area (Å²) >= 11 is 5.49. The molecule has 2 rings (SSSR count). The van der Waals surface area contributed by atoms with E-state index < -0.39 is 0 Å². The van der Waals surface area contributed by atoms with E-state index in [1.54, 1.807) is 0 Å². The fourth-order valence-electron chi connectivity index (χ4n) is 1.98. The van der Waals surface area contributed by atoms with Crippen LogP contribution in [0, 0.1) is 5.92 Å². The van der Waals surface area contributed by atoms with Gasteiger partial charge in [0.05, 0.1) is 0 Å². The summed E-state index contributed by atoms with van der Waals surface area (Å²) in [5.74, 6) is 0.916. The van der Waals surface area contributed by atoms with E-state index in [0.29, 0.717) is 0 Å². The van der Waals surface area contributed by atoms with Crippen LogP contribution in [0.2, 0.25) is 0 Å². The van der Waals surface area contributed by atoms with Gasteiger partial charge in [0.25, 0.3) is 0 Å². The molecule has 4 heteroatoms. The molecule has 0 spiro atoms. The maximum atomic E-state index is 5.49. The maximum Gasteiger partial charge on any atom is 0.169 e. The van der Waals surface area contributed by atoms with Crippen molar-refractivity contribution in [1.29, 1.82) is 0 Å². The van der Waals surface area contributed by atoms with Gasteiger partial charge in [0.1, 0.15) is 0 Å². The molecule has 2 fully saturated rings. The van der Waals surface area contributed by atoms with Gasteiger partial charge in [0.2, 0.25) is 0 Å². The summed E-state index contributed by atoms with van der Waals surface area (Å²) in [4.78, 5) is 2.42. The summed E-state index contributed by atoms with van der Waals surface area (Å²) < 4.78 is 5.31. The van der Waals surface area contributed by atoms with Crippen LogP contribution in [0.5, 0.6) is 0 Å². The molecule has 1 N–H and O–H groups in total. The van der Waals surface area contributed by atoms with Crippen molar-refractivity contribution < 1.29 is 4.74 Å². The van der Waals surface area contributed by atoms with E-state index in [2.05, 4.69) is 10.2 Å². The largest absolute Gasteiger partial charge is 0.382 e. The lowest BCUT2D eigenvalue weighted by molar-refractivity contribution is 0.145. The Morgan fingerprint density at radius 1 is 1.35 bits per heavy atom. The van der Waals surface area contributed by atoms with Gasteiger partial charge < -0.3 is 15.0 Å². The minimum absolute atomic E-state index is 0.738. The predicted molar refractivity (Wildman–Crippen MR) is 74.2 cm³/mol. The average molecular weight is 256 g/mol. The Labute approximate surface area is 110 Å². The minimum atomic E-state index is 0.738. The first-order valence-corrected chi connectivity index (χ1v) is 7.34. The number of hydrogen-bond donors (Lipinski definition) is 1. The third-order valence-corrected chi connectivity index (χ3v) is 3.72. The SMILES string of the molecule is CCOCCCNC(=S)N(CC1CC1)C1CC1. The van der Waals surface area contributed by atoms with Crippen molar-refractivity contribution in [2.24, 2.45) is 5.92 Å². The Hall–Kier alpha value is -0.350. The second-order valence-electron chi connectivity index (χ2n) is 5.11. The predicted octanol–water partition coefficient (Wildman–Crippen LogP) is 2.16. The second-order valence-corrected chi connectivity index (χ2v) is 5.50.